The van der Waals surface area contributed by atoms with Crippen molar-refractivity contribution < 1.29 is 21.7 Å². The van der Waals surface area contributed by atoms with Crippen LogP contribution in [0, 0.1) is 12.8 Å². The fraction of sp³-hybridized carbons (Fsp3) is 0.250. The Hall–Kier alpha value is -0.586. The van der Waals surface area contributed by atoms with Gasteiger partial charge in [0.05, 0.1) is 0 Å². The van der Waals surface area contributed by atoms with Crippen LogP contribution in [0.25, 0.3) is 0 Å². The van der Waals surface area contributed by atoms with Gasteiger partial charge in [-0.3, -0.25) is 0 Å². The van der Waals surface area contributed by atoms with Gasteiger partial charge in [0, 0.05) is 0 Å². The molecule has 0 fully saturated rings. The van der Waals surface area contributed by atoms with Crippen LogP contribution in [0.1, 0.15) is 27.7 Å². The molecule has 0 saturated carbocycles. The van der Waals surface area contributed by atoms with Gasteiger partial charge in [-0.05, 0) is 0 Å². The molecule has 0 heterocycles. The van der Waals surface area contributed by atoms with Crippen molar-refractivity contribution in [3.05, 3.63) is 73.5 Å². The summed E-state index contributed by atoms with van der Waals surface area (Å²) >= 11 is 0. The molecule has 0 radical (unpaired) electrons. The van der Waals surface area contributed by atoms with Crippen molar-refractivity contribution in [1.29, 1.82) is 0 Å². The van der Waals surface area contributed by atoms with Gasteiger partial charge < -0.3 is 12.8 Å². The SMILES string of the molecule is C[CH-]C.C[CH-]C.[Ti+4].c1cc[cH-]c1.c1cc[cH-]c1. The van der Waals surface area contributed by atoms with E-state index in [0.717, 1.165) is 0 Å². The summed E-state index contributed by atoms with van der Waals surface area (Å²) < 4.78 is 0. The third kappa shape index (κ3) is 31.3. The smallest absolute Gasteiger partial charge is 0.335 e. The Kier molecular flexibility index (Phi) is 31.3. The molecule has 2 aromatic carbocycles. The van der Waals surface area contributed by atoms with Crippen molar-refractivity contribution >= 4 is 0 Å². The second-order valence-electron chi connectivity index (χ2n) is 3.08. The molecule has 1 heteroatoms. The third-order valence-electron chi connectivity index (χ3n) is 1.11. The van der Waals surface area contributed by atoms with Gasteiger partial charge >= 0.3 is 21.7 Å². The molecule has 0 aliphatic rings. The maximum Gasteiger partial charge on any atom is 4.00 e. The number of hydrogen-bond donors (Lipinski definition) is 0. The van der Waals surface area contributed by atoms with Crippen LogP contribution in [0.3, 0.4) is 0 Å². The Morgan fingerprint density at radius 2 is 0.765 bits per heavy atom. The van der Waals surface area contributed by atoms with E-state index < -0.39 is 0 Å². The average molecular weight is 264 g/mol. The molecule has 0 aliphatic heterocycles. The Labute approximate surface area is 123 Å². The van der Waals surface area contributed by atoms with Crippen LogP contribution in [-0.2, 0) is 21.7 Å². The maximum atomic E-state index is 2.00. The van der Waals surface area contributed by atoms with Gasteiger partial charge in [-0.2, -0.15) is 64.1 Å². The van der Waals surface area contributed by atoms with Gasteiger partial charge in [0.25, 0.3) is 0 Å². The average Bonchev–Trinajstić information content (AvgIpc) is 3.00. The fourth-order valence-corrected chi connectivity index (χ4v) is 0.642. The van der Waals surface area contributed by atoms with Crippen LogP contribution in [0.15, 0.2) is 60.7 Å². The van der Waals surface area contributed by atoms with E-state index in [4.69, 9.17) is 0 Å². The van der Waals surface area contributed by atoms with Gasteiger partial charge in [-0.1, -0.05) is 0 Å². The Morgan fingerprint density at radius 3 is 0.824 bits per heavy atom. The van der Waals surface area contributed by atoms with E-state index in [9.17, 15) is 0 Å². The van der Waals surface area contributed by atoms with Crippen molar-refractivity contribution in [3.63, 3.8) is 0 Å². The van der Waals surface area contributed by atoms with E-state index in [1.165, 1.54) is 0 Å². The summed E-state index contributed by atoms with van der Waals surface area (Å²) in [6, 6.07) is 20.0. The number of hydrogen-bond acceptors (Lipinski definition) is 0. The zero-order valence-corrected chi connectivity index (χ0v) is 13.0. The molecule has 0 saturated heterocycles. The van der Waals surface area contributed by atoms with Crippen molar-refractivity contribution in [2.45, 2.75) is 27.7 Å². The van der Waals surface area contributed by atoms with Gasteiger partial charge in [-0.25, -0.2) is 24.3 Å². The third-order valence-corrected chi connectivity index (χ3v) is 1.11. The van der Waals surface area contributed by atoms with Gasteiger partial charge in [0.1, 0.15) is 0 Å². The molecule has 0 unspecified atom stereocenters. The molecule has 0 bridgehead atoms. The maximum absolute atomic E-state index is 2.00. The molecule has 0 nitrogen and oxygen atoms in total. The minimum atomic E-state index is 0. The summed E-state index contributed by atoms with van der Waals surface area (Å²) in [6.45, 7) is 8.00. The first-order chi connectivity index (χ1) is 7.83. The van der Waals surface area contributed by atoms with E-state index in [-0.39, 0.29) is 21.7 Å². The predicted molar refractivity (Wildman–Crippen MR) is 75.4 cm³/mol. The van der Waals surface area contributed by atoms with Crippen LogP contribution in [0.5, 0.6) is 0 Å². The van der Waals surface area contributed by atoms with Crippen molar-refractivity contribution in [2.75, 3.05) is 0 Å². The van der Waals surface area contributed by atoms with Crippen molar-refractivity contribution in [1.82, 2.24) is 0 Å². The molecular formula is C16H24Ti. The topological polar surface area (TPSA) is 0 Å². The fourth-order valence-electron chi connectivity index (χ4n) is 0.642. The molecule has 0 spiro atoms. The second kappa shape index (κ2) is 24.6. The second-order valence-corrected chi connectivity index (χ2v) is 3.08. The van der Waals surface area contributed by atoms with Crippen LogP contribution >= 0.6 is 0 Å². The molecule has 92 valence electrons. The summed E-state index contributed by atoms with van der Waals surface area (Å²) in [5.41, 5.74) is 0. The predicted octanol–water partition coefficient (Wildman–Crippen LogP) is 5.27. The van der Waals surface area contributed by atoms with Gasteiger partial charge in [0.15, 0.2) is 0 Å². The molecule has 0 atom stereocenters. The summed E-state index contributed by atoms with van der Waals surface area (Å²) in [6.07, 6.45) is 4.00. The standard InChI is InChI=1S/2C5H5.2C3H7.Ti/c2*1-2-4-5-3-1;2*1-3-2;/h2*1-5H;2*3H,1-2H3;/q4*-1;+4. The van der Waals surface area contributed by atoms with E-state index in [2.05, 4.69) is 0 Å². The van der Waals surface area contributed by atoms with E-state index in [1.54, 1.807) is 0 Å². The Morgan fingerprint density at radius 1 is 0.588 bits per heavy atom. The summed E-state index contributed by atoms with van der Waals surface area (Å²) in [5.74, 6) is 0. The normalized spacial score (nSPS) is 6.82. The van der Waals surface area contributed by atoms with E-state index in [0.29, 0.717) is 0 Å². The Balaban J connectivity index is -0.000000157. The van der Waals surface area contributed by atoms with Crippen LogP contribution < -0.4 is 0 Å². The Bertz CT molecular complexity index is 168. The molecule has 2 rings (SSSR count). The molecule has 0 aliphatic carbocycles. The molecule has 17 heavy (non-hydrogen) atoms. The van der Waals surface area contributed by atoms with Gasteiger partial charge in [0.2, 0.25) is 0 Å². The monoisotopic (exact) mass is 264 g/mol. The van der Waals surface area contributed by atoms with Crippen molar-refractivity contribution in [2.24, 2.45) is 0 Å². The quantitative estimate of drug-likeness (QED) is 0.449. The molecular weight excluding hydrogens is 240 g/mol. The van der Waals surface area contributed by atoms with E-state index >= 15 is 0 Å². The molecule has 0 N–H and O–H groups in total. The summed E-state index contributed by atoms with van der Waals surface area (Å²) in [7, 11) is 0. The van der Waals surface area contributed by atoms with Crippen molar-refractivity contribution in [3.8, 4) is 0 Å². The number of rotatable bonds is 0. The largest absolute Gasteiger partial charge is 4.00 e. The van der Waals surface area contributed by atoms with Crippen LogP contribution in [-0.4, -0.2) is 0 Å². The summed E-state index contributed by atoms with van der Waals surface area (Å²) in [4.78, 5) is 0. The van der Waals surface area contributed by atoms with Gasteiger partial charge in [-0.15, -0.1) is 0 Å². The first-order valence-electron chi connectivity index (χ1n) is 5.64. The molecule has 0 amide bonds. The van der Waals surface area contributed by atoms with Crippen LogP contribution in [0.2, 0.25) is 0 Å². The summed E-state index contributed by atoms with van der Waals surface area (Å²) in [5, 5.41) is 0. The zero-order chi connectivity index (χ0) is 12.5. The minimum absolute atomic E-state index is 0. The molecule has 2 aromatic rings. The first kappa shape index (κ1) is 21.7. The molecule has 0 aromatic heterocycles. The van der Waals surface area contributed by atoms with Crippen LogP contribution in [0.4, 0.5) is 0 Å². The first-order valence-corrected chi connectivity index (χ1v) is 5.64. The zero-order valence-electron chi connectivity index (χ0n) is 11.4. The van der Waals surface area contributed by atoms with E-state index in [1.807, 2.05) is 101 Å². The minimum Gasteiger partial charge on any atom is -0.335 e.